The van der Waals surface area contributed by atoms with Crippen molar-refractivity contribution < 1.29 is 80.2 Å². The lowest BCUT2D eigenvalue weighted by Gasteiger charge is -2.21. The topological polar surface area (TPSA) is 237 Å². The Morgan fingerprint density at radius 1 is 0.287 bits per heavy atom. The number of phosphoric acid groups is 2. The van der Waals surface area contributed by atoms with Gasteiger partial charge in [-0.1, -0.05) is 337 Å². The maximum absolute atomic E-state index is 13.1. The lowest BCUT2D eigenvalue weighted by Crippen LogP contribution is -2.30. The van der Waals surface area contributed by atoms with Gasteiger partial charge in [0, 0.05) is 25.7 Å². The average Bonchev–Trinajstić information content (AvgIpc) is 1.55. The average molecular weight is 1380 g/mol. The van der Waals surface area contributed by atoms with Gasteiger partial charge in [0.25, 0.3) is 0 Å². The number of unbranched alkanes of at least 4 members (excludes halogenated alkanes) is 44. The molecule has 2 unspecified atom stereocenters. The van der Waals surface area contributed by atoms with Gasteiger partial charge in [-0.15, -0.1) is 0 Å². The van der Waals surface area contributed by atoms with Gasteiger partial charge in [0.15, 0.2) is 12.2 Å². The standard InChI is InChI=1S/C75H146O17P2/c1-7-9-11-13-15-17-19-21-22-23-24-27-32-36-40-48-54-60-75(80)91-70(63-85-72(77)57-51-45-38-34-31-28-25-26-29-33-37-43-49-55-67(3)4)65-89-93(81,82)87-61-69(76)62-88-94(83,84)90-66-71(64-86-73(78)58-52-46-42-41-44-50-56-68(5)6)92-74(79)59-53-47-39-35-30-20-18-16-14-12-10-8-2/h67-71,76H,7-66H2,1-6H3,(H,81,82)(H,83,84)/t69-,70-,71-/m1/s1. The Morgan fingerprint density at radius 3 is 0.723 bits per heavy atom. The Morgan fingerprint density at radius 2 is 0.489 bits per heavy atom. The van der Waals surface area contributed by atoms with Gasteiger partial charge >= 0.3 is 39.5 Å². The molecule has 17 nitrogen and oxygen atoms in total. The molecule has 0 aromatic rings. The van der Waals surface area contributed by atoms with Crippen LogP contribution in [0.2, 0.25) is 0 Å². The monoisotopic (exact) mass is 1380 g/mol. The maximum atomic E-state index is 13.1. The van der Waals surface area contributed by atoms with Crippen molar-refractivity contribution in [3.63, 3.8) is 0 Å². The van der Waals surface area contributed by atoms with E-state index in [9.17, 15) is 43.2 Å². The van der Waals surface area contributed by atoms with Crippen LogP contribution < -0.4 is 0 Å². The van der Waals surface area contributed by atoms with Gasteiger partial charge in [-0.05, 0) is 37.5 Å². The van der Waals surface area contributed by atoms with E-state index in [1.807, 2.05) is 0 Å². The summed E-state index contributed by atoms with van der Waals surface area (Å²) in [7, 11) is -9.91. The largest absolute Gasteiger partial charge is 0.472 e. The number of hydrogen-bond acceptors (Lipinski definition) is 15. The zero-order valence-electron chi connectivity index (χ0n) is 61.3. The predicted molar refractivity (Wildman–Crippen MR) is 381 cm³/mol. The van der Waals surface area contributed by atoms with E-state index in [1.165, 1.54) is 199 Å². The summed E-state index contributed by atoms with van der Waals surface area (Å²) < 4.78 is 68.5. The number of carbonyl (C=O) groups excluding carboxylic acids is 4. The van der Waals surface area contributed by atoms with Crippen LogP contribution in [0.15, 0.2) is 0 Å². The first-order valence-electron chi connectivity index (χ1n) is 39.0. The highest BCUT2D eigenvalue weighted by molar-refractivity contribution is 7.47. The molecule has 0 aliphatic heterocycles. The van der Waals surface area contributed by atoms with Crippen LogP contribution in [0.4, 0.5) is 0 Å². The predicted octanol–water partition coefficient (Wildman–Crippen LogP) is 21.9. The van der Waals surface area contributed by atoms with Crippen molar-refractivity contribution in [3.8, 4) is 0 Å². The van der Waals surface area contributed by atoms with Crippen molar-refractivity contribution in [2.24, 2.45) is 11.8 Å². The molecule has 0 aliphatic carbocycles. The summed E-state index contributed by atoms with van der Waals surface area (Å²) >= 11 is 0. The third-order valence-corrected chi connectivity index (χ3v) is 19.4. The molecule has 0 aliphatic rings. The number of ether oxygens (including phenoxy) is 4. The van der Waals surface area contributed by atoms with Crippen LogP contribution in [0.3, 0.4) is 0 Å². The summed E-state index contributed by atoms with van der Waals surface area (Å²) in [4.78, 5) is 72.7. The highest BCUT2D eigenvalue weighted by Gasteiger charge is 2.30. The van der Waals surface area contributed by atoms with E-state index in [0.29, 0.717) is 31.6 Å². The minimum atomic E-state index is -4.96. The van der Waals surface area contributed by atoms with E-state index in [-0.39, 0.29) is 25.7 Å². The molecule has 0 bridgehead atoms. The molecule has 0 aromatic heterocycles. The molecule has 94 heavy (non-hydrogen) atoms. The van der Waals surface area contributed by atoms with Gasteiger partial charge in [-0.25, -0.2) is 9.13 Å². The Bertz CT molecular complexity index is 1820. The highest BCUT2D eigenvalue weighted by atomic mass is 31.2. The van der Waals surface area contributed by atoms with Gasteiger partial charge in [-0.3, -0.25) is 37.3 Å². The first-order valence-corrected chi connectivity index (χ1v) is 42.0. The van der Waals surface area contributed by atoms with Crippen LogP contribution in [0.5, 0.6) is 0 Å². The third-order valence-electron chi connectivity index (χ3n) is 17.5. The Labute approximate surface area is 575 Å². The zero-order chi connectivity index (χ0) is 69.3. The molecule has 0 radical (unpaired) electrons. The molecule has 558 valence electrons. The first kappa shape index (κ1) is 92.1. The number of esters is 4. The van der Waals surface area contributed by atoms with Crippen molar-refractivity contribution in [2.45, 2.75) is 407 Å². The summed E-state index contributed by atoms with van der Waals surface area (Å²) in [6, 6.07) is 0. The third kappa shape index (κ3) is 68.6. The van der Waals surface area contributed by atoms with Crippen LogP contribution >= 0.6 is 15.6 Å². The van der Waals surface area contributed by atoms with Gasteiger partial charge in [0.05, 0.1) is 26.4 Å². The van der Waals surface area contributed by atoms with Gasteiger partial charge in [-0.2, -0.15) is 0 Å². The Balaban J connectivity index is 5.23. The van der Waals surface area contributed by atoms with E-state index in [4.69, 9.17) is 37.0 Å². The number of rotatable bonds is 74. The molecule has 3 N–H and O–H groups in total. The Hall–Kier alpha value is -1.94. The molecule has 5 atom stereocenters. The van der Waals surface area contributed by atoms with Crippen LogP contribution in [0.25, 0.3) is 0 Å². The van der Waals surface area contributed by atoms with Gasteiger partial charge in [0.1, 0.15) is 19.3 Å². The second-order valence-electron chi connectivity index (χ2n) is 28.0. The second-order valence-corrected chi connectivity index (χ2v) is 30.9. The van der Waals surface area contributed by atoms with Crippen LogP contribution in [0.1, 0.15) is 388 Å². The van der Waals surface area contributed by atoms with E-state index < -0.39 is 97.5 Å². The van der Waals surface area contributed by atoms with Crippen LogP contribution in [-0.4, -0.2) is 96.7 Å². The molecule has 0 saturated carbocycles. The fourth-order valence-corrected chi connectivity index (χ4v) is 13.1. The smallest absolute Gasteiger partial charge is 0.462 e. The number of phosphoric ester groups is 2. The fourth-order valence-electron chi connectivity index (χ4n) is 11.5. The maximum Gasteiger partial charge on any atom is 0.472 e. The molecule has 0 aromatic carbocycles. The van der Waals surface area contributed by atoms with E-state index in [1.54, 1.807) is 0 Å². The van der Waals surface area contributed by atoms with E-state index >= 15 is 0 Å². The fraction of sp³-hybridized carbons (Fsp3) is 0.947. The van der Waals surface area contributed by atoms with E-state index in [0.717, 1.165) is 102 Å². The van der Waals surface area contributed by atoms with Crippen molar-refractivity contribution in [2.75, 3.05) is 39.6 Å². The number of aliphatic hydroxyl groups excluding tert-OH is 1. The lowest BCUT2D eigenvalue weighted by molar-refractivity contribution is -0.161. The van der Waals surface area contributed by atoms with Crippen molar-refractivity contribution in [1.82, 2.24) is 0 Å². The lowest BCUT2D eigenvalue weighted by atomic mass is 10.0. The van der Waals surface area contributed by atoms with Crippen molar-refractivity contribution in [1.29, 1.82) is 0 Å². The summed E-state index contributed by atoms with van der Waals surface area (Å²) in [5.41, 5.74) is 0. The van der Waals surface area contributed by atoms with Crippen LogP contribution in [-0.2, 0) is 65.4 Å². The molecule has 19 heteroatoms. The minimum Gasteiger partial charge on any atom is -0.462 e. The summed E-state index contributed by atoms with van der Waals surface area (Å²) in [6.45, 7) is 9.53. The number of hydrogen-bond donors (Lipinski definition) is 3. The van der Waals surface area contributed by atoms with Gasteiger partial charge < -0.3 is 33.8 Å². The summed E-state index contributed by atoms with van der Waals surface area (Å²) in [5.74, 6) is -0.646. The number of carbonyl (C=O) groups is 4. The van der Waals surface area contributed by atoms with Crippen molar-refractivity contribution >= 4 is 39.5 Å². The zero-order valence-corrected chi connectivity index (χ0v) is 63.1. The molecule has 0 fully saturated rings. The SMILES string of the molecule is CCCCCCCCCCCCCCCCCCCC(=O)O[C@H](COC(=O)CCCCCCCCCCCCCCCC(C)C)COP(=O)(O)OC[C@@H](O)COP(=O)(O)OC[C@@H](COC(=O)CCCCCCCCC(C)C)OC(=O)CCCCCCCCCCCCCC. The molecule has 0 heterocycles. The number of aliphatic hydroxyl groups is 1. The minimum absolute atomic E-state index is 0.106. The molecule has 0 amide bonds. The normalized spacial score (nSPS) is 14.0. The second kappa shape index (κ2) is 66.9. The summed E-state index contributed by atoms with van der Waals surface area (Å²) in [6.07, 6.45) is 54.2. The van der Waals surface area contributed by atoms with Gasteiger partial charge in [0.2, 0.25) is 0 Å². The molecular formula is C75H146O17P2. The van der Waals surface area contributed by atoms with Crippen molar-refractivity contribution in [3.05, 3.63) is 0 Å². The molecule has 0 spiro atoms. The molecular weight excluding hydrogens is 1230 g/mol. The quantitative estimate of drug-likeness (QED) is 0.0222. The Kier molecular flexibility index (Phi) is 65.5. The summed E-state index contributed by atoms with van der Waals surface area (Å²) in [5, 5.41) is 10.6. The first-order chi connectivity index (χ1) is 45.4. The van der Waals surface area contributed by atoms with E-state index in [2.05, 4.69) is 41.5 Å². The molecule has 0 saturated heterocycles. The molecule has 0 rings (SSSR count). The van der Waals surface area contributed by atoms with Crippen LogP contribution in [0, 0.1) is 11.8 Å². The highest BCUT2D eigenvalue weighted by Crippen LogP contribution is 2.45.